The van der Waals surface area contributed by atoms with Gasteiger partial charge in [-0.25, -0.2) is 9.37 Å². The molecule has 3 N–H and O–H groups in total. The summed E-state index contributed by atoms with van der Waals surface area (Å²) >= 11 is 1.30. The molecule has 4 heterocycles. The maximum Gasteiger partial charge on any atom is 0.263 e. The molecule has 3 fully saturated rings. The Morgan fingerprint density at radius 3 is 2.77 bits per heavy atom. The highest BCUT2D eigenvalue weighted by atomic mass is 32.1. The number of nitrogens with one attached hydrogen (secondary N) is 1. The minimum atomic E-state index is -0.210. The van der Waals surface area contributed by atoms with Gasteiger partial charge in [-0.15, -0.1) is 11.3 Å². The van der Waals surface area contributed by atoms with E-state index in [1.54, 1.807) is 6.07 Å². The van der Waals surface area contributed by atoms with Gasteiger partial charge in [0.1, 0.15) is 15.5 Å². The Balaban J connectivity index is 1.21. The summed E-state index contributed by atoms with van der Waals surface area (Å²) in [4.78, 5) is 20.5. The van der Waals surface area contributed by atoms with Gasteiger partial charge < -0.3 is 16.0 Å². The van der Waals surface area contributed by atoms with Crippen molar-refractivity contribution in [1.29, 1.82) is 0 Å². The van der Waals surface area contributed by atoms with Crippen molar-refractivity contribution in [3.8, 4) is 0 Å². The number of nitrogens with zero attached hydrogens (tertiary/aromatic N) is 2. The number of carbonyl (C=O) groups excluding carboxylic acids is 1. The molecule has 0 radical (unpaired) electrons. The lowest BCUT2D eigenvalue weighted by Crippen LogP contribution is -2.48. The molecule has 2 bridgehead atoms. The van der Waals surface area contributed by atoms with E-state index in [2.05, 4.69) is 15.2 Å². The zero-order valence-electron chi connectivity index (χ0n) is 17.0. The van der Waals surface area contributed by atoms with Crippen molar-refractivity contribution < 1.29 is 9.18 Å². The molecule has 0 unspecified atom stereocenters. The van der Waals surface area contributed by atoms with Gasteiger partial charge in [-0.2, -0.15) is 0 Å². The van der Waals surface area contributed by atoms with Gasteiger partial charge in [-0.3, -0.25) is 4.79 Å². The van der Waals surface area contributed by atoms with Gasteiger partial charge in [-0.1, -0.05) is 6.07 Å². The SMILES string of the molecule is Cc1ccc2c(N)c(C(=O)NCCc3ccc(N4CC5CC(C5)C4)c(F)c3)sc2n1. The van der Waals surface area contributed by atoms with E-state index >= 15 is 0 Å². The molecule has 2 aliphatic heterocycles. The second-order valence-corrected chi connectivity index (χ2v) is 9.55. The fourth-order valence-corrected chi connectivity index (χ4v) is 5.74. The first-order valence-corrected chi connectivity index (χ1v) is 11.3. The number of pyridine rings is 1. The van der Waals surface area contributed by atoms with Crippen LogP contribution in [0.15, 0.2) is 30.3 Å². The highest BCUT2D eigenvalue weighted by Gasteiger charge is 2.37. The Labute approximate surface area is 179 Å². The second kappa shape index (κ2) is 7.54. The molecular formula is C23H25FN4OS. The van der Waals surface area contributed by atoms with Crippen LogP contribution in [0.4, 0.5) is 15.8 Å². The molecule has 30 heavy (non-hydrogen) atoms. The monoisotopic (exact) mass is 424 g/mol. The van der Waals surface area contributed by atoms with Crippen LogP contribution >= 0.6 is 11.3 Å². The number of nitrogen functional groups attached to an aromatic ring is 1. The van der Waals surface area contributed by atoms with Gasteiger partial charge in [0.2, 0.25) is 0 Å². The maximum atomic E-state index is 14.7. The van der Waals surface area contributed by atoms with E-state index in [4.69, 9.17) is 5.73 Å². The van der Waals surface area contributed by atoms with Crippen LogP contribution in [0.1, 0.15) is 33.8 Å². The number of rotatable bonds is 5. The first kappa shape index (κ1) is 19.3. The summed E-state index contributed by atoms with van der Waals surface area (Å²) in [7, 11) is 0. The van der Waals surface area contributed by atoms with Crippen LogP contribution < -0.4 is 16.0 Å². The normalized spacial score (nSPS) is 20.3. The molecule has 7 heteroatoms. The summed E-state index contributed by atoms with van der Waals surface area (Å²) in [6, 6.07) is 9.23. The largest absolute Gasteiger partial charge is 0.397 e. The van der Waals surface area contributed by atoms with Crippen LogP contribution in [0.2, 0.25) is 0 Å². The number of carbonyl (C=O) groups is 1. The van der Waals surface area contributed by atoms with Crippen molar-refractivity contribution in [3.05, 3.63) is 52.3 Å². The fourth-order valence-electron chi connectivity index (χ4n) is 4.69. The van der Waals surface area contributed by atoms with Crippen LogP contribution in [0.3, 0.4) is 0 Å². The molecule has 2 saturated heterocycles. The first-order valence-electron chi connectivity index (χ1n) is 10.4. The quantitative estimate of drug-likeness (QED) is 0.646. The molecule has 2 aromatic heterocycles. The number of aryl methyl sites for hydroxylation is 1. The number of nitrogens with two attached hydrogens (primary N) is 1. The highest BCUT2D eigenvalue weighted by Crippen LogP contribution is 2.41. The van der Waals surface area contributed by atoms with Gasteiger partial charge >= 0.3 is 0 Å². The Morgan fingerprint density at radius 2 is 2.03 bits per heavy atom. The average molecular weight is 425 g/mol. The standard InChI is InChI=1S/C23H25FN4OS/c1-13-2-4-17-20(25)21(30-23(17)27-13)22(29)26-7-6-14-3-5-19(18(24)10-14)28-11-15-8-16(9-15)12-28/h2-5,10,15-16H,6-9,11-12,25H2,1H3,(H,26,29). The smallest absolute Gasteiger partial charge is 0.263 e. The lowest BCUT2D eigenvalue weighted by atomic mass is 9.71. The van der Waals surface area contributed by atoms with Crippen LogP contribution in [0, 0.1) is 24.6 Å². The molecule has 0 spiro atoms. The van der Waals surface area contributed by atoms with Crippen molar-refractivity contribution in [2.24, 2.45) is 11.8 Å². The maximum absolute atomic E-state index is 14.7. The van der Waals surface area contributed by atoms with Crippen LogP contribution in [0.5, 0.6) is 0 Å². The second-order valence-electron chi connectivity index (χ2n) is 8.55. The van der Waals surface area contributed by atoms with E-state index in [9.17, 15) is 9.18 Å². The molecule has 156 valence electrons. The molecule has 3 aromatic rings. The summed E-state index contributed by atoms with van der Waals surface area (Å²) < 4.78 is 14.7. The topological polar surface area (TPSA) is 71.2 Å². The molecular weight excluding hydrogens is 399 g/mol. The van der Waals surface area contributed by atoms with Crippen molar-refractivity contribution in [2.45, 2.75) is 26.2 Å². The third kappa shape index (κ3) is 3.51. The Hall–Kier alpha value is -2.67. The molecule has 5 nitrogen and oxygen atoms in total. The number of anilines is 2. The van der Waals surface area contributed by atoms with Crippen LogP contribution in [-0.2, 0) is 6.42 Å². The third-order valence-electron chi connectivity index (χ3n) is 6.28. The van der Waals surface area contributed by atoms with Crippen molar-refractivity contribution in [2.75, 3.05) is 30.3 Å². The number of fused-ring (bicyclic) bond motifs is 3. The van der Waals surface area contributed by atoms with Gasteiger partial charge in [0, 0.05) is 30.7 Å². The number of halogens is 1. The average Bonchev–Trinajstić information content (AvgIpc) is 3.03. The molecule has 3 aliphatic rings. The minimum absolute atomic E-state index is 0.171. The van der Waals surface area contributed by atoms with Crippen molar-refractivity contribution in [3.63, 3.8) is 0 Å². The van der Waals surface area contributed by atoms with Crippen molar-refractivity contribution in [1.82, 2.24) is 10.3 Å². The number of hydrogen-bond acceptors (Lipinski definition) is 5. The van der Waals surface area contributed by atoms with E-state index < -0.39 is 0 Å². The Kier molecular flexibility index (Phi) is 4.85. The number of thiophene rings is 1. The van der Waals surface area contributed by atoms with Gasteiger partial charge in [0.05, 0.1) is 11.4 Å². The highest BCUT2D eigenvalue weighted by molar-refractivity contribution is 7.21. The van der Waals surface area contributed by atoms with E-state index in [0.717, 1.165) is 46.4 Å². The minimum Gasteiger partial charge on any atom is -0.397 e. The number of hydrogen-bond donors (Lipinski definition) is 2. The third-order valence-corrected chi connectivity index (χ3v) is 7.40. The van der Waals surface area contributed by atoms with E-state index in [-0.39, 0.29) is 11.7 Å². The van der Waals surface area contributed by atoms with E-state index in [1.165, 1.54) is 24.2 Å². The molecule has 6 rings (SSSR count). The predicted molar refractivity (Wildman–Crippen MR) is 120 cm³/mol. The Morgan fingerprint density at radius 1 is 1.27 bits per heavy atom. The number of aromatic nitrogens is 1. The van der Waals surface area contributed by atoms with Gasteiger partial charge in [0.15, 0.2) is 0 Å². The number of benzene rings is 1. The van der Waals surface area contributed by atoms with Gasteiger partial charge in [0.25, 0.3) is 5.91 Å². The number of amides is 1. The summed E-state index contributed by atoms with van der Waals surface area (Å²) in [5, 5.41) is 3.71. The molecule has 1 saturated carbocycles. The lowest BCUT2D eigenvalue weighted by molar-refractivity contribution is 0.0959. The molecule has 0 atom stereocenters. The summed E-state index contributed by atoms with van der Waals surface area (Å²) in [6.07, 6.45) is 3.17. The molecule has 1 amide bonds. The van der Waals surface area contributed by atoms with Gasteiger partial charge in [-0.05, 0) is 67.9 Å². The lowest BCUT2D eigenvalue weighted by Gasteiger charge is -2.48. The Bertz CT molecular complexity index is 1110. The first-order chi connectivity index (χ1) is 14.5. The zero-order valence-corrected chi connectivity index (χ0v) is 17.8. The zero-order chi connectivity index (χ0) is 20.8. The summed E-state index contributed by atoms with van der Waals surface area (Å²) in [6.45, 7) is 4.26. The summed E-state index contributed by atoms with van der Waals surface area (Å²) in [5.74, 6) is 1.09. The van der Waals surface area contributed by atoms with Crippen molar-refractivity contribution >= 4 is 38.8 Å². The molecule has 1 aromatic carbocycles. The number of piperidine rings is 2. The van der Waals surface area contributed by atoms with E-state index in [0.29, 0.717) is 29.2 Å². The van der Waals surface area contributed by atoms with Crippen LogP contribution in [0.25, 0.3) is 10.2 Å². The fraction of sp³-hybridized carbons (Fsp3) is 0.391. The van der Waals surface area contributed by atoms with Crippen LogP contribution in [-0.4, -0.2) is 30.5 Å². The summed E-state index contributed by atoms with van der Waals surface area (Å²) in [5.41, 5.74) is 9.09. The molecule has 1 aliphatic carbocycles. The predicted octanol–water partition coefficient (Wildman–Crippen LogP) is 4.14. The van der Waals surface area contributed by atoms with E-state index in [1.807, 2.05) is 31.2 Å².